The number of nitro benzene ring substituents is 1. The minimum absolute atomic E-state index is 0.137. The van der Waals surface area contributed by atoms with E-state index in [2.05, 4.69) is 5.43 Å². The Labute approximate surface area is 112 Å². The van der Waals surface area contributed by atoms with E-state index in [-0.39, 0.29) is 10.6 Å². The molecule has 0 aromatic heterocycles. The number of hydrogen-bond acceptors (Lipinski definition) is 5. The first-order valence-electron chi connectivity index (χ1n) is 5.20. The highest BCUT2D eigenvalue weighted by molar-refractivity contribution is 14.1. The maximum atomic E-state index is 10.7. The largest absolute Gasteiger partial charge is 0.379 e. The van der Waals surface area contributed by atoms with Gasteiger partial charge in [-0.3, -0.25) is 10.1 Å². The topological polar surface area (TPSA) is 67.6 Å². The van der Waals surface area contributed by atoms with Crippen molar-refractivity contribution >= 4 is 34.0 Å². The zero-order chi connectivity index (χ0) is 12.3. The fraction of sp³-hybridized carbons (Fsp3) is 0.400. The molecule has 1 aliphatic rings. The standard InChI is InChI=1S/C10H12IN3O3/c11-9-7-8(1-2-10(9)14(15)16)12-13-3-5-17-6-4-13/h1-2,7,12H,3-6H2. The number of nitrogens with zero attached hydrogens (tertiary/aromatic N) is 2. The van der Waals surface area contributed by atoms with Crippen LogP contribution in [0, 0.1) is 13.7 Å². The number of benzene rings is 1. The van der Waals surface area contributed by atoms with E-state index in [0.717, 1.165) is 18.8 Å². The predicted octanol–water partition coefficient (Wildman–Crippen LogP) is 1.86. The lowest BCUT2D eigenvalue weighted by Gasteiger charge is -2.27. The number of nitrogens with one attached hydrogen (secondary N) is 1. The molecule has 1 fully saturated rings. The van der Waals surface area contributed by atoms with Crippen LogP contribution in [0.3, 0.4) is 0 Å². The average Bonchev–Trinajstić information content (AvgIpc) is 2.30. The SMILES string of the molecule is O=[N+]([O-])c1ccc(NN2CCOCC2)cc1I. The Morgan fingerprint density at radius 2 is 2.12 bits per heavy atom. The molecule has 6 nitrogen and oxygen atoms in total. The van der Waals surface area contributed by atoms with E-state index in [1.807, 2.05) is 27.6 Å². The average molecular weight is 349 g/mol. The summed E-state index contributed by atoms with van der Waals surface area (Å²) in [6.07, 6.45) is 0. The molecule has 0 unspecified atom stereocenters. The third kappa shape index (κ3) is 3.27. The number of rotatable bonds is 3. The summed E-state index contributed by atoms with van der Waals surface area (Å²) < 4.78 is 5.87. The fourth-order valence-corrected chi connectivity index (χ4v) is 2.29. The van der Waals surface area contributed by atoms with Crippen molar-refractivity contribution in [2.24, 2.45) is 0 Å². The van der Waals surface area contributed by atoms with E-state index < -0.39 is 0 Å². The lowest BCUT2D eigenvalue weighted by atomic mass is 10.3. The number of halogens is 1. The van der Waals surface area contributed by atoms with Crippen LogP contribution >= 0.6 is 22.6 Å². The Hall–Kier alpha value is -0.930. The van der Waals surface area contributed by atoms with Crippen LogP contribution in [0.15, 0.2) is 18.2 Å². The van der Waals surface area contributed by atoms with Crippen LogP contribution in [0.5, 0.6) is 0 Å². The number of hydrazine groups is 1. The molecule has 7 heteroatoms. The van der Waals surface area contributed by atoms with Crippen LogP contribution < -0.4 is 5.43 Å². The molecule has 0 spiro atoms. The second-order valence-corrected chi connectivity index (χ2v) is 4.80. The predicted molar refractivity (Wildman–Crippen MR) is 71.8 cm³/mol. The minimum atomic E-state index is -0.375. The summed E-state index contributed by atoms with van der Waals surface area (Å²) in [7, 11) is 0. The molecule has 0 aliphatic carbocycles. The van der Waals surface area contributed by atoms with Crippen molar-refractivity contribution in [2.75, 3.05) is 31.7 Å². The normalized spacial score (nSPS) is 16.8. The van der Waals surface area contributed by atoms with Crippen molar-refractivity contribution in [2.45, 2.75) is 0 Å². The van der Waals surface area contributed by atoms with Gasteiger partial charge in [0.1, 0.15) is 0 Å². The van der Waals surface area contributed by atoms with Crippen molar-refractivity contribution in [3.05, 3.63) is 31.9 Å². The quantitative estimate of drug-likeness (QED) is 0.513. The zero-order valence-corrected chi connectivity index (χ0v) is 11.2. The summed E-state index contributed by atoms with van der Waals surface area (Å²) in [6.45, 7) is 3.04. The van der Waals surface area contributed by atoms with Gasteiger partial charge >= 0.3 is 0 Å². The van der Waals surface area contributed by atoms with Crippen LogP contribution in [0.25, 0.3) is 0 Å². The van der Waals surface area contributed by atoms with Gasteiger partial charge in [0.2, 0.25) is 0 Å². The Morgan fingerprint density at radius 1 is 1.41 bits per heavy atom. The van der Waals surface area contributed by atoms with Crippen LogP contribution in [-0.2, 0) is 4.74 Å². The molecule has 92 valence electrons. The second-order valence-electron chi connectivity index (χ2n) is 3.63. The van der Waals surface area contributed by atoms with Crippen LogP contribution in [-0.4, -0.2) is 36.2 Å². The first-order chi connectivity index (χ1) is 8.16. The molecule has 0 amide bonds. The maximum absolute atomic E-state index is 10.7. The lowest BCUT2D eigenvalue weighted by Crippen LogP contribution is -2.40. The van der Waals surface area contributed by atoms with Gasteiger partial charge in [-0.25, -0.2) is 5.01 Å². The third-order valence-corrected chi connectivity index (χ3v) is 3.31. The van der Waals surface area contributed by atoms with Crippen LogP contribution in [0.4, 0.5) is 11.4 Å². The molecule has 17 heavy (non-hydrogen) atoms. The molecule has 1 heterocycles. The van der Waals surface area contributed by atoms with Crippen LogP contribution in [0.2, 0.25) is 0 Å². The molecule has 1 N–H and O–H groups in total. The highest BCUT2D eigenvalue weighted by atomic mass is 127. The highest BCUT2D eigenvalue weighted by Gasteiger charge is 2.14. The van der Waals surface area contributed by atoms with E-state index in [9.17, 15) is 10.1 Å². The molecule has 1 aromatic carbocycles. The molecular formula is C10H12IN3O3. The van der Waals surface area contributed by atoms with E-state index in [4.69, 9.17) is 4.74 Å². The van der Waals surface area contributed by atoms with Gasteiger partial charge < -0.3 is 10.2 Å². The fourth-order valence-electron chi connectivity index (χ4n) is 1.58. The summed E-state index contributed by atoms with van der Waals surface area (Å²) >= 11 is 1.97. The van der Waals surface area contributed by atoms with E-state index in [0.29, 0.717) is 16.8 Å². The maximum Gasteiger partial charge on any atom is 0.282 e. The number of ether oxygens (including phenoxy) is 1. The smallest absolute Gasteiger partial charge is 0.282 e. The molecular weight excluding hydrogens is 337 g/mol. The van der Waals surface area contributed by atoms with Crippen LogP contribution in [0.1, 0.15) is 0 Å². The summed E-state index contributed by atoms with van der Waals surface area (Å²) in [6, 6.07) is 5.01. The van der Waals surface area contributed by atoms with Gasteiger partial charge in [-0.05, 0) is 34.7 Å². The van der Waals surface area contributed by atoms with Gasteiger partial charge in [0.05, 0.1) is 27.4 Å². The van der Waals surface area contributed by atoms with Crippen molar-refractivity contribution < 1.29 is 9.66 Å². The van der Waals surface area contributed by atoms with Crippen molar-refractivity contribution in [1.29, 1.82) is 0 Å². The molecule has 2 rings (SSSR count). The molecule has 0 bridgehead atoms. The zero-order valence-electron chi connectivity index (χ0n) is 9.06. The Balaban J connectivity index is 2.06. The molecule has 1 saturated heterocycles. The Morgan fingerprint density at radius 3 is 2.71 bits per heavy atom. The van der Waals surface area contributed by atoms with Crippen molar-refractivity contribution in [3.8, 4) is 0 Å². The molecule has 0 radical (unpaired) electrons. The molecule has 0 saturated carbocycles. The monoisotopic (exact) mass is 349 g/mol. The third-order valence-electron chi connectivity index (χ3n) is 2.44. The number of nitro groups is 1. The summed E-state index contributed by atoms with van der Waals surface area (Å²) in [5.41, 5.74) is 4.21. The van der Waals surface area contributed by atoms with Gasteiger partial charge in [-0.2, -0.15) is 0 Å². The number of anilines is 1. The summed E-state index contributed by atoms with van der Waals surface area (Å²) in [5, 5.41) is 12.7. The Bertz CT molecular complexity index is 421. The second kappa shape index (κ2) is 5.61. The lowest BCUT2D eigenvalue weighted by molar-refractivity contribution is -0.385. The number of morpholine rings is 1. The first-order valence-corrected chi connectivity index (χ1v) is 6.28. The first kappa shape index (κ1) is 12.5. The minimum Gasteiger partial charge on any atom is -0.379 e. The van der Waals surface area contributed by atoms with Crippen molar-refractivity contribution in [1.82, 2.24) is 5.01 Å². The summed E-state index contributed by atoms with van der Waals surface area (Å²) in [5.74, 6) is 0. The van der Waals surface area contributed by atoms with E-state index in [1.54, 1.807) is 12.1 Å². The van der Waals surface area contributed by atoms with Gasteiger partial charge in [0.15, 0.2) is 0 Å². The molecule has 1 aromatic rings. The number of hydrogen-bond donors (Lipinski definition) is 1. The Kier molecular flexibility index (Phi) is 4.13. The van der Waals surface area contributed by atoms with Gasteiger partial charge in [0.25, 0.3) is 5.69 Å². The molecule has 0 atom stereocenters. The van der Waals surface area contributed by atoms with E-state index >= 15 is 0 Å². The molecule has 1 aliphatic heterocycles. The van der Waals surface area contributed by atoms with Gasteiger partial charge in [-0.15, -0.1) is 0 Å². The van der Waals surface area contributed by atoms with Crippen molar-refractivity contribution in [3.63, 3.8) is 0 Å². The van der Waals surface area contributed by atoms with E-state index in [1.165, 1.54) is 6.07 Å². The van der Waals surface area contributed by atoms with Gasteiger partial charge in [-0.1, -0.05) is 0 Å². The van der Waals surface area contributed by atoms with Gasteiger partial charge in [0, 0.05) is 19.2 Å². The highest BCUT2D eigenvalue weighted by Crippen LogP contribution is 2.24. The summed E-state index contributed by atoms with van der Waals surface area (Å²) in [4.78, 5) is 10.3.